The highest BCUT2D eigenvalue weighted by Gasteiger charge is 2.12. The first-order valence-electron chi connectivity index (χ1n) is 4.77. The van der Waals surface area contributed by atoms with E-state index in [0.29, 0.717) is 11.3 Å². The third kappa shape index (κ3) is 4.08. The molecule has 5 nitrogen and oxygen atoms in total. The van der Waals surface area contributed by atoms with Gasteiger partial charge in [0.1, 0.15) is 11.5 Å². The van der Waals surface area contributed by atoms with Crippen molar-refractivity contribution in [3.05, 3.63) is 23.8 Å². The second kappa shape index (κ2) is 4.71. The van der Waals surface area contributed by atoms with Gasteiger partial charge in [-0.2, -0.15) is 0 Å². The van der Waals surface area contributed by atoms with Crippen molar-refractivity contribution in [1.29, 1.82) is 0 Å². The molecule has 0 aromatic heterocycles. The van der Waals surface area contributed by atoms with E-state index >= 15 is 0 Å². The van der Waals surface area contributed by atoms with Gasteiger partial charge in [-0.1, -0.05) is 0 Å². The van der Waals surface area contributed by atoms with E-state index in [0.717, 1.165) is 0 Å². The Hall–Kier alpha value is -1.27. The van der Waals surface area contributed by atoms with Gasteiger partial charge in [-0.15, -0.1) is 0 Å². The van der Waals surface area contributed by atoms with E-state index in [2.05, 4.69) is 0 Å². The third-order valence-corrected chi connectivity index (χ3v) is 2.48. The summed E-state index contributed by atoms with van der Waals surface area (Å²) in [5.74, 6) is 0.0419. The van der Waals surface area contributed by atoms with Crippen LogP contribution in [0.5, 0.6) is 11.5 Å². The SMILES string of the molecule is CC(C)Oc1ccc(O)cc1CS(N)(=O)=O. The molecular weight excluding hydrogens is 230 g/mol. The maximum Gasteiger partial charge on any atom is 0.213 e. The van der Waals surface area contributed by atoms with E-state index in [1.54, 1.807) is 0 Å². The minimum Gasteiger partial charge on any atom is -0.508 e. The van der Waals surface area contributed by atoms with Crippen LogP contribution >= 0.6 is 0 Å². The summed E-state index contributed by atoms with van der Waals surface area (Å²) in [4.78, 5) is 0. The molecule has 0 unspecified atom stereocenters. The fraction of sp³-hybridized carbons (Fsp3) is 0.400. The van der Waals surface area contributed by atoms with Crippen molar-refractivity contribution in [2.75, 3.05) is 0 Å². The van der Waals surface area contributed by atoms with Crippen molar-refractivity contribution in [3.8, 4) is 11.5 Å². The van der Waals surface area contributed by atoms with Crippen molar-refractivity contribution in [3.63, 3.8) is 0 Å². The van der Waals surface area contributed by atoms with Gasteiger partial charge in [0, 0.05) is 5.56 Å². The highest BCUT2D eigenvalue weighted by atomic mass is 32.2. The van der Waals surface area contributed by atoms with Crippen LogP contribution in [0.25, 0.3) is 0 Å². The molecule has 0 amide bonds. The normalized spacial score (nSPS) is 11.8. The molecule has 0 aliphatic heterocycles. The van der Waals surface area contributed by atoms with E-state index in [-0.39, 0.29) is 17.6 Å². The van der Waals surface area contributed by atoms with Crippen molar-refractivity contribution < 1.29 is 18.3 Å². The van der Waals surface area contributed by atoms with E-state index in [9.17, 15) is 13.5 Å². The summed E-state index contributed by atoms with van der Waals surface area (Å²) in [5, 5.41) is 14.2. The Labute approximate surface area is 94.9 Å². The van der Waals surface area contributed by atoms with Gasteiger partial charge in [0.05, 0.1) is 11.9 Å². The van der Waals surface area contributed by atoms with Crippen LogP contribution in [-0.4, -0.2) is 19.6 Å². The van der Waals surface area contributed by atoms with Crippen LogP contribution in [0.2, 0.25) is 0 Å². The summed E-state index contributed by atoms with van der Waals surface area (Å²) in [7, 11) is -3.64. The predicted molar refractivity (Wildman–Crippen MR) is 60.7 cm³/mol. The predicted octanol–water partition coefficient (Wildman–Crippen LogP) is 0.968. The molecule has 1 aromatic rings. The Morgan fingerprint density at radius 1 is 1.44 bits per heavy atom. The molecule has 0 aliphatic rings. The van der Waals surface area contributed by atoms with E-state index in [1.807, 2.05) is 13.8 Å². The lowest BCUT2D eigenvalue weighted by Gasteiger charge is -2.13. The molecule has 3 N–H and O–H groups in total. The molecular formula is C10H15NO4S. The number of nitrogens with two attached hydrogens (primary N) is 1. The summed E-state index contributed by atoms with van der Waals surface area (Å²) in [6.45, 7) is 3.65. The summed E-state index contributed by atoms with van der Waals surface area (Å²) >= 11 is 0. The van der Waals surface area contributed by atoms with E-state index < -0.39 is 10.0 Å². The zero-order valence-electron chi connectivity index (χ0n) is 9.17. The average molecular weight is 245 g/mol. The van der Waals surface area contributed by atoms with Crippen LogP contribution in [0.15, 0.2) is 18.2 Å². The van der Waals surface area contributed by atoms with Crippen LogP contribution < -0.4 is 9.88 Å². The Kier molecular flexibility index (Phi) is 3.77. The Bertz CT molecular complexity index is 468. The van der Waals surface area contributed by atoms with Gasteiger partial charge >= 0.3 is 0 Å². The molecule has 0 fully saturated rings. The minimum absolute atomic E-state index is 0.0187. The molecule has 0 bridgehead atoms. The minimum atomic E-state index is -3.64. The maximum atomic E-state index is 11.0. The average Bonchev–Trinajstić information content (AvgIpc) is 2.06. The number of hydrogen-bond donors (Lipinski definition) is 2. The molecule has 1 aromatic carbocycles. The second-order valence-corrected chi connectivity index (χ2v) is 5.38. The number of hydrogen-bond acceptors (Lipinski definition) is 4. The largest absolute Gasteiger partial charge is 0.508 e. The van der Waals surface area contributed by atoms with Gasteiger partial charge in [0.2, 0.25) is 10.0 Å². The first kappa shape index (κ1) is 12.8. The van der Waals surface area contributed by atoms with Gasteiger partial charge in [-0.25, -0.2) is 13.6 Å². The fourth-order valence-corrected chi connectivity index (χ4v) is 1.92. The number of ether oxygens (including phenoxy) is 1. The topological polar surface area (TPSA) is 89.6 Å². The molecule has 6 heteroatoms. The first-order chi connectivity index (χ1) is 7.28. The van der Waals surface area contributed by atoms with Gasteiger partial charge in [-0.3, -0.25) is 0 Å². The van der Waals surface area contributed by atoms with Crippen molar-refractivity contribution in [2.24, 2.45) is 5.14 Å². The summed E-state index contributed by atoms with van der Waals surface area (Å²) in [6, 6.07) is 4.29. The molecule has 90 valence electrons. The highest BCUT2D eigenvalue weighted by Crippen LogP contribution is 2.25. The summed E-state index contributed by atoms with van der Waals surface area (Å²) < 4.78 is 27.4. The standard InChI is InChI=1S/C10H15NO4S/c1-7(2)15-10-4-3-9(12)5-8(10)6-16(11,13)14/h3-5,7,12H,6H2,1-2H3,(H2,11,13,14). The zero-order valence-corrected chi connectivity index (χ0v) is 9.99. The molecule has 0 saturated carbocycles. The molecule has 0 saturated heterocycles. The van der Waals surface area contributed by atoms with Gasteiger partial charge < -0.3 is 9.84 Å². The smallest absolute Gasteiger partial charge is 0.213 e. The number of aromatic hydroxyl groups is 1. The van der Waals surface area contributed by atoms with Crippen molar-refractivity contribution in [2.45, 2.75) is 25.7 Å². The monoisotopic (exact) mass is 245 g/mol. The fourth-order valence-electron chi connectivity index (χ4n) is 1.26. The number of sulfonamides is 1. The van der Waals surface area contributed by atoms with Crippen LogP contribution in [0.3, 0.4) is 0 Å². The van der Waals surface area contributed by atoms with Crippen LogP contribution in [0.1, 0.15) is 19.4 Å². The molecule has 0 heterocycles. The maximum absolute atomic E-state index is 11.0. The molecule has 0 aliphatic carbocycles. The highest BCUT2D eigenvalue weighted by molar-refractivity contribution is 7.88. The summed E-state index contributed by atoms with van der Waals surface area (Å²) in [6.07, 6.45) is -0.0798. The van der Waals surface area contributed by atoms with E-state index in [1.165, 1.54) is 18.2 Å². The lowest BCUT2D eigenvalue weighted by Crippen LogP contribution is -2.16. The Balaban J connectivity index is 3.08. The van der Waals surface area contributed by atoms with Crippen LogP contribution in [0, 0.1) is 0 Å². The molecule has 1 rings (SSSR count). The van der Waals surface area contributed by atoms with Crippen LogP contribution in [-0.2, 0) is 15.8 Å². The van der Waals surface area contributed by atoms with Gasteiger partial charge in [-0.05, 0) is 32.0 Å². The quantitative estimate of drug-likeness (QED) is 0.827. The second-order valence-electron chi connectivity index (χ2n) is 3.77. The van der Waals surface area contributed by atoms with Gasteiger partial charge in [0.25, 0.3) is 0 Å². The van der Waals surface area contributed by atoms with Crippen molar-refractivity contribution >= 4 is 10.0 Å². The Morgan fingerprint density at radius 3 is 2.56 bits per heavy atom. The lowest BCUT2D eigenvalue weighted by molar-refractivity contribution is 0.240. The summed E-state index contributed by atoms with van der Waals surface area (Å²) in [5.41, 5.74) is 0.358. The number of primary sulfonamides is 1. The number of rotatable bonds is 4. The molecule has 0 atom stereocenters. The third-order valence-electron chi connectivity index (χ3n) is 1.76. The number of benzene rings is 1. The number of phenolic OH excluding ortho intramolecular Hbond substituents is 1. The van der Waals surface area contributed by atoms with E-state index in [4.69, 9.17) is 9.88 Å². The Morgan fingerprint density at radius 2 is 2.06 bits per heavy atom. The van der Waals surface area contributed by atoms with Crippen molar-refractivity contribution in [1.82, 2.24) is 0 Å². The first-order valence-corrected chi connectivity index (χ1v) is 6.48. The van der Waals surface area contributed by atoms with Crippen LogP contribution in [0.4, 0.5) is 0 Å². The molecule has 16 heavy (non-hydrogen) atoms. The zero-order chi connectivity index (χ0) is 12.3. The molecule has 0 radical (unpaired) electrons. The lowest BCUT2D eigenvalue weighted by atomic mass is 10.2. The molecule has 0 spiro atoms. The van der Waals surface area contributed by atoms with Gasteiger partial charge in [0.15, 0.2) is 0 Å². The number of phenols is 1.